The van der Waals surface area contributed by atoms with Crippen LogP contribution in [0.25, 0.3) is 33.5 Å². The zero-order chi connectivity index (χ0) is 20.1. The van der Waals surface area contributed by atoms with Crippen LogP contribution in [0.2, 0.25) is 0 Å². The molecule has 1 aliphatic rings. The van der Waals surface area contributed by atoms with Crippen LogP contribution in [0.5, 0.6) is 5.75 Å². The number of halogens is 1. The summed E-state index contributed by atoms with van der Waals surface area (Å²) in [6, 6.07) is 4.61. The third-order valence-corrected chi connectivity index (χ3v) is 5.10. The molecule has 0 radical (unpaired) electrons. The van der Waals surface area contributed by atoms with Crippen molar-refractivity contribution in [1.82, 2.24) is 30.0 Å². The monoisotopic (exact) mass is 395 g/mol. The zero-order valence-electron chi connectivity index (χ0n) is 15.5. The quantitative estimate of drug-likeness (QED) is 0.489. The molecule has 3 aromatic heterocycles. The van der Waals surface area contributed by atoms with E-state index in [-0.39, 0.29) is 23.7 Å². The summed E-state index contributed by atoms with van der Waals surface area (Å²) >= 11 is 0. The molecule has 0 aliphatic heterocycles. The van der Waals surface area contributed by atoms with Crippen molar-refractivity contribution < 1.29 is 13.9 Å². The van der Waals surface area contributed by atoms with Gasteiger partial charge in [0.15, 0.2) is 16.9 Å². The Hall–Kier alpha value is -3.53. The first-order valence-corrected chi connectivity index (χ1v) is 9.18. The number of aromatic nitrogens is 5. The molecule has 1 aliphatic carbocycles. The number of ether oxygens (including phenoxy) is 1. The summed E-state index contributed by atoms with van der Waals surface area (Å²) in [5, 5.41) is 7.98. The van der Waals surface area contributed by atoms with Crippen LogP contribution in [0.4, 0.5) is 9.18 Å². The van der Waals surface area contributed by atoms with Gasteiger partial charge in [0.1, 0.15) is 17.2 Å². The summed E-state index contributed by atoms with van der Waals surface area (Å²) in [5.41, 5.74) is 8.32. The number of nitrogens with one attached hydrogen (secondary N) is 2. The van der Waals surface area contributed by atoms with E-state index in [1.807, 2.05) is 0 Å². The van der Waals surface area contributed by atoms with Gasteiger partial charge in [0.25, 0.3) is 0 Å². The minimum atomic E-state index is -0.561. The first-order valence-electron chi connectivity index (χ1n) is 9.18. The number of amides is 1. The number of carbonyl (C=O) groups is 1. The van der Waals surface area contributed by atoms with Gasteiger partial charge >= 0.3 is 6.09 Å². The maximum atomic E-state index is 13.6. The van der Waals surface area contributed by atoms with Crippen molar-refractivity contribution in [2.24, 2.45) is 12.8 Å². The van der Waals surface area contributed by atoms with Crippen molar-refractivity contribution in [3.8, 4) is 17.1 Å². The standard InChI is InChI=1S/C19H18FN7O2/c1-27-14-4-9(20)2-3-12(14)16(26-27)13-7-22-18-17(25-13)15(8-23-18)29-19(28)24-11-5-10(21)6-11/h2-4,7-8,10-11H,5-6,21H2,1H3,(H,22,23)(H,24,28). The molecule has 1 fully saturated rings. The van der Waals surface area contributed by atoms with Crippen molar-refractivity contribution in [2.75, 3.05) is 0 Å². The van der Waals surface area contributed by atoms with Crippen molar-refractivity contribution in [3.05, 3.63) is 36.4 Å². The van der Waals surface area contributed by atoms with E-state index >= 15 is 0 Å². The van der Waals surface area contributed by atoms with Crippen molar-refractivity contribution in [3.63, 3.8) is 0 Å². The van der Waals surface area contributed by atoms with Gasteiger partial charge in [-0.2, -0.15) is 5.10 Å². The molecule has 5 rings (SSSR count). The molecular weight excluding hydrogens is 377 g/mol. The van der Waals surface area contributed by atoms with Crippen molar-refractivity contribution in [1.29, 1.82) is 0 Å². The van der Waals surface area contributed by atoms with Crippen LogP contribution in [0.3, 0.4) is 0 Å². The average Bonchev–Trinajstić information content (AvgIpc) is 3.21. The Balaban J connectivity index is 1.48. The van der Waals surface area contributed by atoms with E-state index in [9.17, 15) is 9.18 Å². The predicted octanol–water partition coefficient (Wildman–Crippen LogP) is 2.23. The largest absolute Gasteiger partial charge is 0.412 e. The molecule has 4 aromatic rings. The summed E-state index contributed by atoms with van der Waals surface area (Å²) in [6.07, 6.45) is 4.02. The van der Waals surface area contributed by atoms with Gasteiger partial charge in [0.05, 0.1) is 11.7 Å². The number of carbonyl (C=O) groups excluding carboxylic acids is 1. The van der Waals surface area contributed by atoms with Gasteiger partial charge in [-0.15, -0.1) is 0 Å². The molecule has 0 saturated heterocycles. The number of hydrogen-bond donors (Lipinski definition) is 3. The van der Waals surface area contributed by atoms with Crippen LogP contribution < -0.4 is 15.8 Å². The van der Waals surface area contributed by atoms with Crippen LogP contribution in [0.1, 0.15) is 12.8 Å². The number of nitrogens with zero attached hydrogens (tertiary/aromatic N) is 4. The van der Waals surface area contributed by atoms with Crippen LogP contribution >= 0.6 is 0 Å². The lowest BCUT2D eigenvalue weighted by atomic mass is 9.88. The molecule has 1 amide bonds. The number of benzene rings is 1. The van der Waals surface area contributed by atoms with E-state index in [0.29, 0.717) is 28.1 Å². The Kier molecular flexibility index (Phi) is 3.95. The van der Waals surface area contributed by atoms with Gasteiger partial charge in [-0.3, -0.25) is 4.68 Å². The Labute approximate surface area is 164 Å². The summed E-state index contributed by atoms with van der Waals surface area (Å²) in [7, 11) is 1.73. The first-order chi connectivity index (χ1) is 14.0. The number of rotatable bonds is 3. The molecule has 148 valence electrons. The maximum absolute atomic E-state index is 13.6. The van der Waals surface area contributed by atoms with E-state index in [1.165, 1.54) is 18.3 Å². The molecule has 1 saturated carbocycles. The van der Waals surface area contributed by atoms with Gasteiger partial charge in [0, 0.05) is 30.7 Å². The molecule has 9 nitrogen and oxygen atoms in total. The highest BCUT2D eigenvalue weighted by Gasteiger charge is 2.28. The van der Waals surface area contributed by atoms with Gasteiger partial charge < -0.3 is 20.8 Å². The van der Waals surface area contributed by atoms with Gasteiger partial charge in [-0.05, 0) is 31.0 Å². The fraction of sp³-hybridized carbons (Fsp3) is 0.263. The molecule has 3 heterocycles. The SMILES string of the molecule is Cn1nc(-c2cnc3[nH]cc(OC(=O)NC4CC(N)C4)c3n2)c2ccc(F)cc21. The van der Waals surface area contributed by atoms with Gasteiger partial charge in [0.2, 0.25) is 0 Å². The number of nitrogens with two attached hydrogens (primary N) is 1. The lowest BCUT2D eigenvalue weighted by Crippen LogP contribution is -2.51. The lowest BCUT2D eigenvalue weighted by molar-refractivity contribution is 0.184. The fourth-order valence-electron chi connectivity index (χ4n) is 3.56. The molecule has 0 spiro atoms. The normalized spacial score (nSPS) is 18.7. The van der Waals surface area contributed by atoms with Crippen molar-refractivity contribution in [2.45, 2.75) is 24.9 Å². The van der Waals surface area contributed by atoms with Crippen LogP contribution in [-0.4, -0.2) is 42.9 Å². The van der Waals surface area contributed by atoms with Gasteiger partial charge in [-0.25, -0.2) is 19.2 Å². The second-order valence-corrected chi connectivity index (χ2v) is 7.20. The second kappa shape index (κ2) is 6.52. The van der Waals surface area contributed by atoms with E-state index in [1.54, 1.807) is 24.0 Å². The van der Waals surface area contributed by atoms with E-state index < -0.39 is 6.09 Å². The number of aryl methyl sites for hydroxylation is 1. The molecule has 1 aromatic carbocycles. The third-order valence-electron chi connectivity index (χ3n) is 5.10. The Morgan fingerprint density at radius 1 is 1.41 bits per heavy atom. The maximum Gasteiger partial charge on any atom is 0.412 e. The number of hydrogen-bond acceptors (Lipinski definition) is 6. The molecule has 0 unspecified atom stereocenters. The minimum absolute atomic E-state index is 0.0321. The molecule has 4 N–H and O–H groups in total. The van der Waals surface area contributed by atoms with Crippen LogP contribution in [0, 0.1) is 5.82 Å². The summed E-state index contributed by atoms with van der Waals surface area (Å²) in [6.45, 7) is 0. The average molecular weight is 395 g/mol. The Morgan fingerprint density at radius 3 is 3.03 bits per heavy atom. The second-order valence-electron chi connectivity index (χ2n) is 7.20. The predicted molar refractivity (Wildman–Crippen MR) is 104 cm³/mol. The van der Waals surface area contributed by atoms with E-state index in [0.717, 1.165) is 18.2 Å². The highest BCUT2D eigenvalue weighted by molar-refractivity contribution is 5.93. The number of H-pyrrole nitrogens is 1. The van der Waals surface area contributed by atoms with Crippen LogP contribution in [0.15, 0.2) is 30.6 Å². The van der Waals surface area contributed by atoms with E-state index in [2.05, 4.69) is 25.4 Å². The summed E-state index contributed by atoms with van der Waals surface area (Å²) in [5.74, 6) is -0.0740. The van der Waals surface area contributed by atoms with Crippen LogP contribution in [-0.2, 0) is 7.05 Å². The summed E-state index contributed by atoms with van der Waals surface area (Å²) < 4.78 is 20.6. The first kappa shape index (κ1) is 17.6. The van der Waals surface area contributed by atoms with E-state index in [4.69, 9.17) is 10.5 Å². The highest BCUT2D eigenvalue weighted by atomic mass is 19.1. The lowest BCUT2D eigenvalue weighted by Gasteiger charge is -2.32. The molecule has 0 bridgehead atoms. The molecular formula is C19H18FN7O2. The van der Waals surface area contributed by atoms with Gasteiger partial charge in [-0.1, -0.05) is 0 Å². The topological polar surface area (TPSA) is 124 Å². The fourth-order valence-corrected chi connectivity index (χ4v) is 3.56. The molecule has 0 atom stereocenters. The zero-order valence-corrected chi connectivity index (χ0v) is 15.5. The molecule has 29 heavy (non-hydrogen) atoms. The number of aromatic amines is 1. The minimum Gasteiger partial charge on any atom is -0.406 e. The smallest absolute Gasteiger partial charge is 0.406 e. The number of fused-ring (bicyclic) bond motifs is 2. The highest BCUT2D eigenvalue weighted by Crippen LogP contribution is 2.30. The molecule has 10 heteroatoms. The Bertz CT molecular complexity index is 1240. The third kappa shape index (κ3) is 3.07. The Morgan fingerprint density at radius 2 is 2.24 bits per heavy atom. The van der Waals surface area contributed by atoms with Crippen molar-refractivity contribution >= 4 is 28.2 Å². The summed E-state index contributed by atoms with van der Waals surface area (Å²) in [4.78, 5) is 24.0.